The number of benzene rings is 9. The Morgan fingerprint density at radius 1 is 0.274 bits per heavy atom. The molecule has 0 saturated carbocycles. The minimum absolute atomic E-state index is 0.556. The highest BCUT2D eigenvalue weighted by atomic mass is 15.2. The first kappa shape index (κ1) is 35.7. The monoisotopic (exact) mass is 790 g/mol. The largest absolute Gasteiger partial charge is 0.310 e. The zero-order valence-corrected chi connectivity index (χ0v) is 33.7. The Balaban J connectivity index is 1.07. The molecule has 12 rings (SSSR count). The third kappa shape index (κ3) is 5.50. The first-order valence-electron chi connectivity index (χ1n) is 21.1. The van der Waals surface area contributed by atoms with E-state index in [1.54, 1.807) is 0 Å². The molecule has 0 N–H and O–H groups in total. The van der Waals surface area contributed by atoms with E-state index in [1.165, 1.54) is 44.8 Å². The lowest BCUT2D eigenvalue weighted by molar-refractivity contribution is 0.753. The van der Waals surface area contributed by atoms with Crippen molar-refractivity contribution in [3.63, 3.8) is 0 Å². The van der Waals surface area contributed by atoms with Gasteiger partial charge in [0.25, 0.3) is 0 Å². The van der Waals surface area contributed by atoms with Gasteiger partial charge in [-0.2, -0.15) is 0 Å². The van der Waals surface area contributed by atoms with E-state index in [-0.39, 0.29) is 0 Å². The Kier molecular flexibility index (Phi) is 8.36. The van der Waals surface area contributed by atoms with Gasteiger partial charge in [-0.15, -0.1) is 0 Å². The third-order valence-corrected chi connectivity index (χ3v) is 12.6. The number of hydrogen-bond acceptors (Lipinski definition) is 4. The quantitative estimate of drug-likeness (QED) is 0.168. The van der Waals surface area contributed by atoms with Crippen molar-refractivity contribution in [3.8, 4) is 67.5 Å². The van der Waals surface area contributed by atoms with E-state index >= 15 is 0 Å². The van der Waals surface area contributed by atoms with Crippen LogP contribution in [-0.2, 0) is 5.41 Å². The van der Waals surface area contributed by atoms with E-state index < -0.39 is 5.41 Å². The maximum Gasteiger partial charge on any atom is 0.164 e. The molecule has 1 spiro atoms. The fraction of sp³-hybridized carbons (Fsp3) is 0.0172. The second-order valence-electron chi connectivity index (χ2n) is 15.9. The predicted molar refractivity (Wildman–Crippen MR) is 253 cm³/mol. The van der Waals surface area contributed by atoms with Gasteiger partial charge in [0.05, 0.1) is 16.8 Å². The zero-order valence-electron chi connectivity index (χ0n) is 33.7. The molecular formula is C58H38N4. The Bertz CT molecular complexity index is 3200. The second-order valence-corrected chi connectivity index (χ2v) is 15.9. The molecule has 10 aromatic rings. The molecule has 1 aliphatic carbocycles. The van der Waals surface area contributed by atoms with E-state index in [9.17, 15) is 0 Å². The summed E-state index contributed by atoms with van der Waals surface area (Å²) in [6.45, 7) is 0. The SMILES string of the molecule is c1ccc(-c2nc(-c3ccccc3)nc(-c3ccccc3-c3ccccc3-c3ccc4c(c3)C3(c5ccccc5-4)c4ccccc4N(c4ccccc4)c4ccccc43)n2)cc1. The van der Waals surface area contributed by atoms with Gasteiger partial charge in [0.15, 0.2) is 17.5 Å². The summed E-state index contributed by atoms with van der Waals surface area (Å²) >= 11 is 0. The van der Waals surface area contributed by atoms with Gasteiger partial charge in [0.1, 0.15) is 0 Å². The third-order valence-electron chi connectivity index (χ3n) is 12.6. The number of para-hydroxylation sites is 3. The van der Waals surface area contributed by atoms with Crippen LogP contribution in [-0.4, -0.2) is 15.0 Å². The summed E-state index contributed by atoms with van der Waals surface area (Å²) in [4.78, 5) is 17.7. The van der Waals surface area contributed by atoms with E-state index in [1.807, 2.05) is 36.4 Å². The van der Waals surface area contributed by atoms with Gasteiger partial charge < -0.3 is 4.90 Å². The van der Waals surface area contributed by atoms with E-state index in [0.717, 1.165) is 44.6 Å². The van der Waals surface area contributed by atoms with Crippen LogP contribution in [0.3, 0.4) is 0 Å². The summed E-state index contributed by atoms with van der Waals surface area (Å²) in [5.74, 6) is 1.91. The smallest absolute Gasteiger partial charge is 0.164 e. The molecule has 0 fully saturated rings. The predicted octanol–water partition coefficient (Wildman–Crippen LogP) is 14.4. The molecule has 1 aromatic heterocycles. The van der Waals surface area contributed by atoms with Gasteiger partial charge in [0.2, 0.25) is 0 Å². The van der Waals surface area contributed by atoms with Crippen molar-refractivity contribution >= 4 is 17.1 Å². The summed E-state index contributed by atoms with van der Waals surface area (Å²) in [6, 6.07) is 82.4. The summed E-state index contributed by atoms with van der Waals surface area (Å²) in [5.41, 5.74) is 17.9. The molecule has 0 amide bonds. The zero-order chi connectivity index (χ0) is 41.0. The number of aromatic nitrogens is 3. The Hall–Kier alpha value is -8.21. The van der Waals surface area contributed by atoms with Crippen LogP contribution in [0.4, 0.5) is 17.1 Å². The van der Waals surface area contributed by atoms with Crippen LogP contribution in [0.15, 0.2) is 231 Å². The summed E-state index contributed by atoms with van der Waals surface area (Å²) in [5, 5.41) is 0. The molecule has 0 radical (unpaired) electrons. The summed E-state index contributed by atoms with van der Waals surface area (Å²) in [7, 11) is 0. The van der Waals surface area contributed by atoms with Crippen LogP contribution in [0.5, 0.6) is 0 Å². The molecule has 290 valence electrons. The van der Waals surface area contributed by atoms with Crippen LogP contribution in [0.2, 0.25) is 0 Å². The van der Waals surface area contributed by atoms with Crippen molar-refractivity contribution < 1.29 is 0 Å². The molecule has 4 nitrogen and oxygen atoms in total. The molecule has 0 atom stereocenters. The molecule has 0 saturated heterocycles. The molecule has 4 heteroatoms. The Morgan fingerprint density at radius 2 is 0.694 bits per heavy atom. The molecule has 2 heterocycles. The normalized spacial score (nSPS) is 12.9. The lowest BCUT2D eigenvalue weighted by Crippen LogP contribution is -2.36. The standard InChI is InChI=1S/C58H38N4/c1-4-20-39(21-5-1)55-59-56(40-22-6-2-7-23-40)61-57(60-55)48-30-13-12-28-45(48)44-27-11-10-26-43(44)41-36-37-47-46-29-14-15-31-49(46)58(52(47)38-41)50-32-16-18-34-53(50)62(42-24-8-3-9-25-42)54-35-19-17-33-51(54)58/h1-38H. The van der Waals surface area contributed by atoms with Crippen molar-refractivity contribution in [1.29, 1.82) is 0 Å². The van der Waals surface area contributed by atoms with Gasteiger partial charge >= 0.3 is 0 Å². The summed E-state index contributed by atoms with van der Waals surface area (Å²) in [6.07, 6.45) is 0. The first-order chi connectivity index (χ1) is 30.8. The van der Waals surface area contributed by atoms with Gasteiger partial charge in [-0.3, -0.25) is 0 Å². The molecule has 2 aliphatic rings. The van der Waals surface area contributed by atoms with E-state index in [4.69, 9.17) is 15.0 Å². The maximum atomic E-state index is 5.16. The van der Waals surface area contributed by atoms with Crippen molar-refractivity contribution in [2.45, 2.75) is 5.41 Å². The molecule has 0 unspecified atom stereocenters. The molecule has 0 bridgehead atoms. The molecule has 1 aliphatic heterocycles. The van der Waals surface area contributed by atoms with Gasteiger partial charge in [-0.1, -0.05) is 200 Å². The number of nitrogens with zero attached hydrogens (tertiary/aromatic N) is 4. The van der Waals surface area contributed by atoms with Crippen molar-refractivity contribution in [3.05, 3.63) is 253 Å². The van der Waals surface area contributed by atoms with Crippen molar-refractivity contribution in [1.82, 2.24) is 15.0 Å². The highest BCUT2D eigenvalue weighted by Gasteiger charge is 2.51. The second kappa shape index (κ2) is 14.5. The van der Waals surface area contributed by atoms with Crippen LogP contribution < -0.4 is 4.90 Å². The van der Waals surface area contributed by atoms with Crippen LogP contribution in [0, 0.1) is 0 Å². The number of anilines is 3. The minimum atomic E-state index is -0.556. The van der Waals surface area contributed by atoms with Crippen LogP contribution >= 0.6 is 0 Å². The highest BCUT2D eigenvalue weighted by molar-refractivity contribution is 5.98. The van der Waals surface area contributed by atoms with E-state index in [2.05, 4.69) is 199 Å². The fourth-order valence-corrected chi connectivity index (χ4v) is 9.94. The van der Waals surface area contributed by atoms with Gasteiger partial charge in [-0.05, 0) is 86.0 Å². The lowest BCUT2D eigenvalue weighted by Gasteiger charge is -2.45. The van der Waals surface area contributed by atoms with Gasteiger partial charge in [-0.25, -0.2) is 15.0 Å². The fourth-order valence-electron chi connectivity index (χ4n) is 9.94. The highest BCUT2D eigenvalue weighted by Crippen LogP contribution is 2.63. The lowest BCUT2D eigenvalue weighted by atomic mass is 9.64. The molecule has 62 heavy (non-hydrogen) atoms. The van der Waals surface area contributed by atoms with Crippen LogP contribution in [0.1, 0.15) is 22.3 Å². The van der Waals surface area contributed by atoms with Crippen molar-refractivity contribution in [2.75, 3.05) is 4.90 Å². The van der Waals surface area contributed by atoms with E-state index in [0.29, 0.717) is 17.5 Å². The first-order valence-corrected chi connectivity index (χ1v) is 21.1. The number of hydrogen-bond donors (Lipinski definition) is 0. The average Bonchev–Trinajstić information content (AvgIpc) is 3.64. The van der Waals surface area contributed by atoms with Gasteiger partial charge in [0, 0.05) is 22.4 Å². The Labute approximate surface area is 361 Å². The maximum absolute atomic E-state index is 5.16. The summed E-state index contributed by atoms with van der Waals surface area (Å²) < 4.78 is 0. The average molecular weight is 791 g/mol. The number of rotatable bonds is 6. The molecular weight excluding hydrogens is 753 g/mol. The molecule has 9 aromatic carbocycles. The topological polar surface area (TPSA) is 41.9 Å². The van der Waals surface area contributed by atoms with Crippen LogP contribution in [0.25, 0.3) is 67.5 Å². The number of fused-ring (bicyclic) bond motifs is 9. The minimum Gasteiger partial charge on any atom is -0.310 e. The Morgan fingerprint density at radius 3 is 1.29 bits per heavy atom. The van der Waals surface area contributed by atoms with Crippen molar-refractivity contribution in [2.24, 2.45) is 0 Å².